The Hall–Kier alpha value is -2.38. The second-order valence-electron chi connectivity index (χ2n) is 6.64. The van der Waals surface area contributed by atoms with Crippen LogP contribution in [0.3, 0.4) is 0 Å². The summed E-state index contributed by atoms with van der Waals surface area (Å²) in [6, 6.07) is -0.546. The number of nitrogens with one attached hydrogen (secondary N) is 1. The van der Waals surface area contributed by atoms with Gasteiger partial charge in [-0.25, -0.2) is 4.79 Å². The van der Waals surface area contributed by atoms with Gasteiger partial charge in [0.2, 0.25) is 5.91 Å². The summed E-state index contributed by atoms with van der Waals surface area (Å²) in [6.45, 7) is 3.67. The maximum absolute atomic E-state index is 12.6. The molecule has 23 heavy (non-hydrogen) atoms. The Labute approximate surface area is 134 Å². The third kappa shape index (κ3) is 2.69. The second kappa shape index (κ2) is 5.36. The van der Waals surface area contributed by atoms with Gasteiger partial charge in [0.1, 0.15) is 12.1 Å². The zero-order chi connectivity index (χ0) is 16.8. The zero-order valence-electron chi connectivity index (χ0n) is 13.6. The second-order valence-corrected chi connectivity index (χ2v) is 6.64. The molecule has 0 radical (unpaired) electrons. The van der Waals surface area contributed by atoms with E-state index in [1.807, 2.05) is 13.2 Å². The van der Waals surface area contributed by atoms with Crippen molar-refractivity contribution in [1.29, 1.82) is 0 Å². The molecule has 1 N–H and O–H groups in total. The highest BCUT2D eigenvalue weighted by Crippen LogP contribution is 2.32. The Balaban J connectivity index is 1.73. The molecule has 1 atom stereocenters. The molecule has 1 aromatic heterocycles. The van der Waals surface area contributed by atoms with Crippen LogP contribution in [0.1, 0.15) is 38.3 Å². The molecule has 2 saturated heterocycles. The molecule has 0 spiro atoms. The van der Waals surface area contributed by atoms with E-state index in [2.05, 4.69) is 10.4 Å². The van der Waals surface area contributed by atoms with Crippen LogP contribution in [0.15, 0.2) is 12.4 Å². The summed E-state index contributed by atoms with van der Waals surface area (Å²) in [5, 5.41) is 6.74. The number of urea groups is 1. The van der Waals surface area contributed by atoms with Crippen LogP contribution in [0.4, 0.5) is 4.79 Å². The van der Waals surface area contributed by atoms with Gasteiger partial charge >= 0.3 is 6.03 Å². The minimum atomic E-state index is -0.953. The molecule has 0 saturated carbocycles. The standard InChI is InChI=1S/C15H21N5O3/c1-15(2)13(22)20(14(23)17-15)9-12(21)19-6-4-5-11(19)10-7-16-18(3)8-10/h7-8,11H,4-6,9H2,1-3H3,(H,17,23)/t11-/m1/s1. The van der Waals surface area contributed by atoms with E-state index in [-0.39, 0.29) is 24.4 Å². The van der Waals surface area contributed by atoms with E-state index in [0.29, 0.717) is 6.54 Å². The number of amides is 4. The number of carbonyl (C=O) groups excluding carboxylic acids is 3. The van der Waals surface area contributed by atoms with Crippen LogP contribution in [0.2, 0.25) is 0 Å². The number of nitrogens with zero attached hydrogens (tertiary/aromatic N) is 4. The van der Waals surface area contributed by atoms with Crippen LogP contribution in [-0.4, -0.2) is 56.1 Å². The first-order valence-electron chi connectivity index (χ1n) is 7.72. The quantitative estimate of drug-likeness (QED) is 0.818. The van der Waals surface area contributed by atoms with Crippen molar-refractivity contribution in [3.05, 3.63) is 18.0 Å². The van der Waals surface area contributed by atoms with Crippen molar-refractivity contribution in [2.24, 2.45) is 7.05 Å². The Kier molecular flexibility index (Phi) is 3.62. The summed E-state index contributed by atoms with van der Waals surface area (Å²) in [6.07, 6.45) is 5.42. The highest BCUT2D eigenvalue weighted by atomic mass is 16.2. The Morgan fingerprint density at radius 3 is 2.74 bits per heavy atom. The first kappa shape index (κ1) is 15.5. The fourth-order valence-corrected chi connectivity index (χ4v) is 3.21. The highest BCUT2D eigenvalue weighted by molar-refractivity contribution is 6.08. The predicted molar refractivity (Wildman–Crippen MR) is 81.2 cm³/mol. The maximum Gasteiger partial charge on any atom is 0.325 e. The first-order valence-corrected chi connectivity index (χ1v) is 7.72. The number of aromatic nitrogens is 2. The molecule has 2 aliphatic rings. The molecule has 4 amide bonds. The molecule has 124 valence electrons. The molecule has 0 aliphatic carbocycles. The largest absolute Gasteiger partial charge is 0.334 e. The normalized spacial score (nSPS) is 23.5. The van der Waals surface area contributed by atoms with Crippen molar-refractivity contribution in [1.82, 2.24) is 24.9 Å². The monoisotopic (exact) mass is 319 g/mol. The fourth-order valence-electron chi connectivity index (χ4n) is 3.21. The van der Waals surface area contributed by atoms with E-state index in [0.717, 1.165) is 23.3 Å². The molecule has 0 aromatic carbocycles. The van der Waals surface area contributed by atoms with E-state index in [4.69, 9.17) is 0 Å². The average molecular weight is 319 g/mol. The number of likely N-dealkylation sites (tertiary alicyclic amines) is 1. The lowest BCUT2D eigenvalue weighted by Crippen LogP contribution is -2.44. The number of hydrogen-bond donors (Lipinski definition) is 1. The third-order valence-corrected chi connectivity index (χ3v) is 4.42. The molecule has 8 heteroatoms. The molecule has 0 unspecified atom stereocenters. The van der Waals surface area contributed by atoms with Gasteiger partial charge in [0, 0.05) is 25.4 Å². The summed E-state index contributed by atoms with van der Waals surface area (Å²) in [5.41, 5.74) is 0.0290. The van der Waals surface area contributed by atoms with Crippen LogP contribution in [0.25, 0.3) is 0 Å². The molecule has 0 bridgehead atoms. The van der Waals surface area contributed by atoms with Crippen LogP contribution in [0.5, 0.6) is 0 Å². The summed E-state index contributed by atoms with van der Waals surface area (Å²) >= 11 is 0. The Morgan fingerprint density at radius 1 is 1.43 bits per heavy atom. The number of imide groups is 1. The fraction of sp³-hybridized carbons (Fsp3) is 0.600. The minimum absolute atomic E-state index is 0.0371. The lowest BCUT2D eigenvalue weighted by atomic mass is 10.1. The van der Waals surface area contributed by atoms with Crippen LogP contribution in [-0.2, 0) is 16.6 Å². The minimum Gasteiger partial charge on any atom is -0.334 e. The SMILES string of the molecule is Cn1cc([C@H]2CCCN2C(=O)CN2C(=O)NC(C)(C)C2=O)cn1. The van der Waals surface area contributed by atoms with Gasteiger partial charge in [0.25, 0.3) is 5.91 Å². The van der Waals surface area contributed by atoms with Gasteiger partial charge in [-0.15, -0.1) is 0 Å². The molecular weight excluding hydrogens is 298 g/mol. The first-order chi connectivity index (χ1) is 10.8. The van der Waals surface area contributed by atoms with Gasteiger partial charge < -0.3 is 10.2 Å². The van der Waals surface area contributed by atoms with Crippen molar-refractivity contribution in [2.75, 3.05) is 13.1 Å². The van der Waals surface area contributed by atoms with Gasteiger partial charge in [-0.05, 0) is 26.7 Å². The van der Waals surface area contributed by atoms with Crippen molar-refractivity contribution >= 4 is 17.8 Å². The summed E-state index contributed by atoms with van der Waals surface area (Å²) in [7, 11) is 1.83. The van der Waals surface area contributed by atoms with Crippen LogP contribution >= 0.6 is 0 Å². The van der Waals surface area contributed by atoms with Crippen LogP contribution in [0, 0.1) is 0 Å². The molecule has 2 aliphatic heterocycles. The van der Waals surface area contributed by atoms with Gasteiger partial charge in [-0.3, -0.25) is 19.2 Å². The van der Waals surface area contributed by atoms with E-state index in [1.54, 1.807) is 29.6 Å². The third-order valence-electron chi connectivity index (χ3n) is 4.42. The topological polar surface area (TPSA) is 87.5 Å². The van der Waals surface area contributed by atoms with E-state index in [9.17, 15) is 14.4 Å². The lowest BCUT2D eigenvalue weighted by molar-refractivity contribution is -0.139. The Bertz CT molecular complexity index is 666. The van der Waals surface area contributed by atoms with E-state index < -0.39 is 11.6 Å². The summed E-state index contributed by atoms with van der Waals surface area (Å²) in [4.78, 5) is 39.5. The Morgan fingerprint density at radius 2 is 2.17 bits per heavy atom. The lowest BCUT2D eigenvalue weighted by Gasteiger charge is -2.25. The predicted octanol–water partition coefficient (Wildman–Crippen LogP) is 0.414. The molecule has 1 aromatic rings. The molecule has 2 fully saturated rings. The van der Waals surface area contributed by atoms with Crippen LogP contribution < -0.4 is 5.32 Å². The average Bonchev–Trinajstić information content (AvgIpc) is 3.14. The van der Waals surface area contributed by atoms with Gasteiger partial charge in [0.15, 0.2) is 0 Å². The number of aryl methyl sites for hydroxylation is 1. The molecular formula is C15H21N5O3. The smallest absolute Gasteiger partial charge is 0.325 e. The van der Waals surface area contributed by atoms with E-state index in [1.165, 1.54) is 0 Å². The van der Waals surface area contributed by atoms with Crippen molar-refractivity contribution in [3.63, 3.8) is 0 Å². The van der Waals surface area contributed by atoms with Crippen molar-refractivity contribution < 1.29 is 14.4 Å². The summed E-state index contributed by atoms with van der Waals surface area (Å²) in [5.74, 6) is -0.578. The number of rotatable bonds is 3. The number of hydrogen-bond acceptors (Lipinski definition) is 4. The van der Waals surface area contributed by atoms with Gasteiger partial charge in [-0.2, -0.15) is 5.10 Å². The molecule has 3 rings (SSSR count). The van der Waals surface area contributed by atoms with Gasteiger partial charge in [-0.1, -0.05) is 0 Å². The van der Waals surface area contributed by atoms with Gasteiger partial charge in [0.05, 0.1) is 12.2 Å². The molecule has 8 nitrogen and oxygen atoms in total. The maximum atomic E-state index is 12.6. The summed E-state index contributed by atoms with van der Waals surface area (Å²) < 4.78 is 1.70. The molecule has 3 heterocycles. The zero-order valence-corrected chi connectivity index (χ0v) is 13.6. The number of carbonyl (C=O) groups is 3. The van der Waals surface area contributed by atoms with E-state index >= 15 is 0 Å². The van der Waals surface area contributed by atoms with Crippen molar-refractivity contribution in [3.8, 4) is 0 Å². The van der Waals surface area contributed by atoms with Crippen molar-refractivity contribution in [2.45, 2.75) is 38.3 Å². The highest BCUT2D eigenvalue weighted by Gasteiger charge is 2.45.